The average molecular weight is 460 g/mol. The van der Waals surface area contributed by atoms with Gasteiger partial charge in [0.05, 0.1) is 18.6 Å². The van der Waals surface area contributed by atoms with Crippen LogP contribution in [0.25, 0.3) is 10.9 Å². The number of aliphatic hydroxyl groups excluding tert-OH is 1. The summed E-state index contributed by atoms with van der Waals surface area (Å²) in [7, 11) is 0. The molecule has 8 heteroatoms. The second-order valence-corrected chi connectivity index (χ2v) is 7.65. The van der Waals surface area contributed by atoms with E-state index < -0.39 is 0 Å². The van der Waals surface area contributed by atoms with E-state index in [1.165, 1.54) is 6.07 Å². The molecule has 1 fully saturated rings. The molecule has 166 valence electrons. The van der Waals surface area contributed by atoms with Crippen LogP contribution in [0.15, 0.2) is 65.5 Å². The fourth-order valence-electron chi connectivity index (χ4n) is 3.89. The third kappa shape index (κ3) is 6.61. The van der Waals surface area contributed by atoms with E-state index in [4.69, 9.17) is 0 Å². The van der Waals surface area contributed by atoms with Crippen LogP contribution in [0, 0.1) is 0 Å². The first kappa shape index (κ1) is 25.0. The van der Waals surface area contributed by atoms with Gasteiger partial charge in [-0.15, -0.1) is 0 Å². The van der Waals surface area contributed by atoms with Crippen molar-refractivity contribution in [2.75, 3.05) is 19.6 Å². The van der Waals surface area contributed by atoms with Crippen LogP contribution >= 0.6 is 27.0 Å². The van der Waals surface area contributed by atoms with Gasteiger partial charge in [-0.05, 0) is 35.1 Å². The van der Waals surface area contributed by atoms with Gasteiger partial charge in [0.15, 0.2) is 0 Å². The monoisotopic (exact) mass is 459 g/mol. The van der Waals surface area contributed by atoms with Crippen molar-refractivity contribution in [2.45, 2.75) is 25.0 Å². The summed E-state index contributed by atoms with van der Waals surface area (Å²) in [4.78, 5) is 29.3. The summed E-state index contributed by atoms with van der Waals surface area (Å²) in [6.45, 7) is 2.13. The predicted octanol–water partition coefficient (Wildman–Crippen LogP) is 2.22. The molecule has 1 amide bonds. The molecule has 0 bridgehead atoms. The zero-order valence-corrected chi connectivity index (χ0v) is 19.2. The highest BCUT2D eigenvalue weighted by molar-refractivity contribution is 7.59. The van der Waals surface area contributed by atoms with Gasteiger partial charge in [0.1, 0.15) is 0 Å². The molecular weight excluding hydrogens is 430 g/mol. The van der Waals surface area contributed by atoms with Gasteiger partial charge in [-0.25, -0.2) is 0 Å². The number of β-amino-alcohol motifs (C(OH)–C–C–N with tert-alkyl or cyclic N) is 1. The highest BCUT2D eigenvalue weighted by atomic mass is 32.1. The number of rotatable bonds is 6. The number of hydrogen-bond donors (Lipinski definition) is 3. The van der Waals surface area contributed by atoms with Crippen LogP contribution in [0.1, 0.15) is 23.6 Å². The Bertz CT molecular complexity index is 1060. The summed E-state index contributed by atoms with van der Waals surface area (Å²) in [6.07, 6.45) is 0.714. The molecule has 0 saturated carbocycles. The number of nitrogens with zero attached hydrogens (tertiary/aromatic N) is 1. The number of H-pyrrole nitrogens is 1. The minimum Gasteiger partial charge on any atom is -0.392 e. The van der Waals surface area contributed by atoms with Crippen molar-refractivity contribution < 1.29 is 9.90 Å². The highest BCUT2D eigenvalue weighted by Gasteiger charge is 2.24. The van der Waals surface area contributed by atoms with Crippen LogP contribution in [0.4, 0.5) is 0 Å². The molecule has 1 aromatic heterocycles. The molecule has 1 saturated heterocycles. The van der Waals surface area contributed by atoms with E-state index in [1.54, 1.807) is 6.07 Å². The molecule has 3 N–H and O–H groups in total. The molecule has 31 heavy (non-hydrogen) atoms. The third-order valence-corrected chi connectivity index (χ3v) is 5.38. The number of aromatic amines is 1. The van der Waals surface area contributed by atoms with Crippen molar-refractivity contribution in [1.82, 2.24) is 15.2 Å². The van der Waals surface area contributed by atoms with Crippen LogP contribution in [0.5, 0.6) is 0 Å². The first-order valence-electron chi connectivity index (χ1n) is 9.93. The van der Waals surface area contributed by atoms with E-state index in [2.05, 4.69) is 15.2 Å². The Balaban J connectivity index is 0.00000171. The minimum atomic E-state index is -0.290. The predicted molar refractivity (Wildman–Crippen MR) is 133 cm³/mol. The van der Waals surface area contributed by atoms with Gasteiger partial charge in [-0.3, -0.25) is 14.5 Å². The Kier molecular flexibility index (Phi) is 9.18. The van der Waals surface area contributed by atoms with Crippen LogP contribution in [0.3, 0.4) is 0 Å². The third-order valence-electron chi connectivity index (χ3n) is 5.38. The largest absolute Gasteiger partial charge is 0.392 e. The molecule has 1 aliphatic heterocycles. The van der Waals surface area contributed by atoms with E-state index in [1.807, 2.05) is 48.5 Å². The van der Waals surface area contributed by atoms with Crippen molar-refractivity contribution in [1.29, 1.82) is 0 Å². The quantitative estimate of drug-likeness (QED) is 0.528. The number of amides is 1. The van der Waals surface area contributed by atoms with Crippen LogP contribution in [-0.2, 0) is 11.2 Å². The minimum absolute atomic E-state index is 0. The number of hydrogen-bond acceptors (Lipinski definition) is 4. The SMILES string of the molecule is O=C(Cc1ccc2ccc(=O)[nH]c2c1)N[C@H](CN1CC[C@H](O)C1)c1ccccc1.S.S. The number of likely N-dealkylation sites (tertiary alicyclic amines) is 1. The fraction of sp³-hybridized carbons (Fsp3) is 0.304. The van der Waals surface area contributed by atoms with Crippen LogP contribution in [-0.4, -0.2) is 46.6 Å². The fourth-order valence-corrected chi connectivity index (χ4v) is 3.89. The molecule has 2 atom stereocenters. The number of carbonyl (C=O) groups excluding carboxylic acids is 1. The second-order valence-electron chi connectivity index (χ2n) is 7.65. The van der Waals surface area contributed by atoms with Crippen LogP contribution < -0.4 is 10.9 Å². The molecule has 6 nitrogen and oxygen atoms in total. The average Bonchev–Trinajstić information content (AvgIpc) is 3.12. The maximum atomic E-state index is 12.8. The Labute approximate surface area is 195 Å². The zero-order chi connectivity index (χ0) is 20.2. The zero-order valence-electron chi connectivity index (χ0n) is 17.2. The van der Waals surface area contributed by atoms with Gasteiger partial charge in [0.25, 0.3) is 0 Å². The summed E-state index contributed by atoms with van der Waals surface area (Å²) >= 11 is 0. The summed E-state index contributed by atoms with van der Waals surface area (Å²) in [5.41, 5.74) is 2.47. The van der Waals surface area contributed by atoms with E-state index in [0.717, 1.165) is 35.0 Å². The first-order valence-corrected chi connectivity index (χ1v) is 9.93. The Hall–Kier alpha value is -2.26. The Morgan fingerprint density at radius 3 is 2.58 bits per heavy atom. The van der Waals surface area contributed by atoms with Gasteiger partial charge in [-0.1, -0.05) is 42.5 Å². The number of carbonyl (C=O) groups is 1. The Morgan fingerprint density at radius 1 is 1.13 bits per heavy atom. The lowest BCUT2D eigenvalue weighted by atomic mass is 10.0. The van der Waals surface area contributed by atoms with Crippen molar-refractivity contribution in [3.05, 3.63) is 82.1 Å². The summed E-state index contributed by atoms with van der Waals surface area (Å²) < 4.78 is 0. The molecule has 2 heterocycles. The van der Waals surface area contributed by atoms with Crippen molar-refractivity contribution in [3.63, 3.8) is 0 Å². The molecule has 3 aromatic rings. The molecule has 2 aromatic carbocycles. The number of pyridine rings is 1. The lowest BCUT2D eigenvalue weighted by Gasteiger charge is -2.25. The highest BCUT2D eigenvalue weighted by Crippen LogP contribution is 2.19. The number of fused-ring (bicyclic) bond motifs is 1. The first-order chi connectivity index (χ1) is 14.1. The van der Waals surface area contributed by atoms with E-state index in [-0.39, 0.29) is 57.0 Å². The maximum absolute atomic E-state index is 12.8. The smallest absolute Gasteiger partial charge is 0.248 e. The number of aliphatic hydroxyl groups is 1. The summed E-state index contributed by atoms with van der Waals surface area (Å²) in [6, 6.07) is 18.7. The molecular formula is C23H29N3O3S2. The molecule has 0 aliphatic carbocycles. The molecule has 0 spiro atoms. The Morgan fingerprint density at radius 2 is 1.87 bits per heavy atom. The number of aromatic nitrogens is 1. The number of benzene rings is 2. The lowest BCUT2D eigenvalue weighted by molar-refractivity contribution is -0.121. The molecule has 4 rings (SSSR count). The number of nitrogens with one attached hydrogen (secondary N) is 2. The maximum Gasteiger partial charge on any atom is 0.248 e. The van der Waals surface area contributed by atoms with Crippen molar-refractivity contribution in [2.24, 2.45) is 0 Å². The van der Waals surface area contributed by atoms with Gasteiger partial charge in [0.2, 0.25) is 11.5 Å². The van der Waals surface area contributed by atoms with E-state index in [0.29, 0.717) is 13.1 Å². The standard InChI is InChI=1S/C23H25N3O3.2H2S/c27-19-10-11-26(14-19)15-21(17-4-2-1-3-5-17)25-23(29)13-16-6-7-18-8-9-22(28)24-20(18)12-16;;/h1-9,12,19,21,27H,10-11,13-15H2,(H,24,28)(H,25,29);2*1H2/t19-,21+;;/m0../s1. The van der Waals surface area contributed by atoms with Crippen molar-refractivity contribution in [3.8, 4) is 0 Å². The van der Waals surface area contributed by atoms with Gasteiger partial charge >= 0.3 is 0 Å². The van der Waals surface area contributed by atoms with Gasteiger partial charge in [-0.2, -0.15) is 27.0 Å². The van der Waals surface area contributed by atoms with Crippen LogP contribution in [0.2, 0.25) is 0 Å². The summed E-state index contributed by atoms with van der Waals surface area (Å²) in [5.74, 6) is -0.0729. The molecule has 0 radical (unpaired) electrons. The lowest BCUT2D eigenvalue weighted by Crippen LogP contribution is -2.38. The second kappa shape index (κ2) is 11.4. The molecule has 0 unspecified atom stereocenters. The molecule has 1 aliphatic rings. The van der Waals surface area contributed by atoms with Gasteiger partial charge < -0.3 is 15.4 Å². The van der Waals surface area contributed by atoms with E-state index >= 15 is 0 Å². The summed E-state index contributed by atoms with van der Waals surface area (Å²) in [5, 5.41) is 13.9. The topological polar surface area (TPSA) is 85.4 Å². The normalized spacial score (nSPS) is 16.9. The van der Waals surface area contributed by atoms with E-state index in [9.17, 15) is 14.7 Å². The van der Waals surface area contributed by atoms with Gasteiger partial charge in [0, 0.05) is 31.2 Å². The van der Waals surface area contributed by atoms with Crippen molar-refractivity contribution >= 4 is 43.8 Å².